The molecule has 0 N–H and O–H groups in total. The normalized spacial score (nSPS) is 11.6. The van der Waals surface area contributed by atoms with Gasteiger partial charge < -0.3 is 4.90 Å². The smallest absolute Gasteiger partial charge is 0.240 e. The molecule has 1 amide bonds. The second-order valence-corrected chi connectivity index (χ2v) is 7.51. The van der Waals surface area contributed by atoms with Crippen molar-refractivity contribution in [1.82, 2.24) is 20.2 Å². The van der Waals surface area contributed by atoms with Crippen LogP contribution >= 0.6 is 11.8 Å². The van der Waals surface area contributed by atoms with Gasteiger partial charge >= 0.3 is 0 Å². The van der Waals surface area contributed by atoms with E-state index in [1.165, 1.54) is 11.8 Å². The molecule has 0 aliphatic carbocycles. The number of anilines is 1. The Kier molecular flexibility index (Phi) is 6.40. The van der Waals surface area contributed by atoms with Crippen molar-refractivity contribution in [2.45, 2.75) is 30.7 Å². The minimum Gasteiger partial charge on any atom is -0.310 e. The third kappa shape index (κ3) is 4.56. The number of para-hydroxylation sites is 1. The molecule has 1 heterocycles. The second-order valence-electron chi connectivity index (χ2n) is 6.20. The van der Waals surface area contributed by atoms with Crippen molar-refractivity contribution in [2.24, 2.45) is 0 Å². The van der Waals surface area contributed by atoms with Crippen LogP contribution < -0.4 is 4.90 Å². The lowest BCUT2D eigenvalue weighted by atomic mass is 10.2. The minimum absolute atomic E-state index is 0.0927. The van der Waals surface area contributed by atoms with Gasteiger partial charge in [0, 0.05) is 12.2 Å². The number of hydrogen-bond acceptors (Lipinski definition) is 6. The molecule has 0 saturated carbocycles. The van der Waals surface area contributed by atoms with Gasteiger partial charge in [0.05, 0.1) is 23.4 Å². The Labute approximate surface area is 168 Å². The molecule has 0 spiro atoms. The Morgan fingerprint density at radius 2 is 1.93 bits per heavy atom. The summed E-state index contributed by atoms with van der Waals surface area (Å²) in [5.41, 5.74) is 2.75. The van der Waals surface area contributed by atoms with E-state index in [9.17, 15) is 4.79 Å². The highest BCUT2D eigenvalue weighted by Crippen LogP contribution is 2.26. The molecule has 1 aromatic heterocycles. The third-order valence-electron chi connectivity index (χ3n) is 4.13. The highest BCUT2D eigenvalue weighted by molar-refractivity contribution is 8.00. The van der Waals surface area contributed by atoms with Crippen LogP contribution in [-0.2, 0) is 4.79 Å². The standard InChI is InChI=1S/C20H20N6OS/c1-15-9-11-18(12-10-15)26-20(22-23-24-26)28-16(2)19(27)25(14-6-13-21)17-7-4-3-5-8-17/h3-5,7-12,16H,6,14H2,1-2H3. The summed E-state index contributed by atoms with van der Waals surface area (Å²) in [6.45, 7) is 4.18. The molecule has 7 nitrogen and oxygen atoms in total. The van der Waals surface area contributed by atoms with Gasteiger partial charge in [0.25, 0.3) is 0 Å². The van der Waals surface area contributed by atoms with E-state index in [1.54, 1.807) is 9.58 Å². The molecule has 0 aliphatic heterocycles. The van der Waals surface area contributed by atoms with Crippen LogP contribution in [0.5, 0.6) is 0 Å². The van der Waals surface area contributed by atoms with Crippen molar-refractivity contribution in [2.75, 3.05) is 11.4 Å². The molecule has 0 fully saturated rings. The molecule has 0 bridgehead atoms. The Hall–Kier alpha value is -3.18. The van der Waals surface area contributed by atoms with Crippen LogP contribution in [0, 0.1) is 18.3 Å². The summed E-state index contributed by atoms with van der Waals surface area (Å²) >= 11 is 1.29. The van der Waals surface area contributed by atoms with Crippen molar-refractivity contribution >= 4 is 23.4 Å². The second kappa shape index (κ2) is 9.15. The highest BCUT2D eigenvalue weighted by Gasteiger charge is 2.25. The number of aryl methyl sites for hydroxylation is 1. The van der Waals surface area contributed by atoms with Gasteiger partial charge in [0.2, 0.25) is 11.1 Å². The summed E-state index contributed by atoms with van der Waals surface area (Å²) in [5, 5.41) is 20.9. The number of tetrazole rings is 1. The fourth-order valence-corrected chi connectivity index (χ4v) is 3.53. The van der Waals surface area contributed by atoms with E-state index in [4.69, 9.17) is 5.26 Å². The van der Waals surface area contributed by atoms with Crippen LogP contribution in [0.3, 0.4) is 0 Å². The van der Waals surface area contributed by atoms with Crippen molar-refractivity contribution < 1.29 is 4.79 Å². The molecule has 2 aromatic carbocycles. The summed E-state index contributed by atoms with van der Waals surface area (Å²) in [5.74, 6) is -0.0927. The van der Waals surface area contributed by atoms with Gasteiger partial charge in [-0.15, -0.1) is 5.10 Å². The molecule has 3 rings (SSSR count). The van der Waals surface area contributed by atoms with Gasteiger partial charge in [-0.2, -0.15) is 9.94 Å². The molecule has 28 heavy (non-hydrogen) atoms. The molecule has 0 radical (unpaired) electrons. The van der Waals surface area contributed by atoms with E-state index in [0.29, 0.717) is 11.7 Å². The number of carbonyl (C=O) groups excluding carboxylic acids is 1. The van der Waals surface area contributed by atoms with Crippen LogP contribution in [0.15, 0.2) is 59.8 Å². The predicted molar refractivity (Wildman–Crippen MR) is 108 cm³/mol. The van der Waals surface area contributed by atoms with Crippen LogP contribution in [0.1, 0.15) is 18.9 Å². The summed E-state index contributed by atoms with van der Waals surface area (Å²) in [6, 6.07) is 19.3. The first-order chi connectivity index (χ1) is 13.6. The first kappa shape index (κ1) is 19.6. The molecule has 8 heteroatoms. The van der Waals surface area contributed by atoms with E-state index in [-0.39, 0.29) is 12.3 Å². The van der Waals surface area contributed by atoms with E-state index < -0.39 is 5.25 Å². The summed E-state index contributed by atoms with van der Waals surface area (Å²) in [6.07, 6.45) is 0.263. The SMILES string of the molecule is Cc1ccc(-n2nnnc2SC(C)C(=O)N(CCC#N)c2ccccc2)cc1. The van der Waals surface area contributed by atoms with Gasteiger partial charge in [0.1, 0.15) is 0 Å². The average molecular weight is 392 g/mol. The fourth-order valence-electron chi connectivity index (χ4n) is 2.66. The van der Waals surface area contributed by atoms with Gasteiger partial charge in [-0.3, -0.25) is 4.79 Å². The zero-order valence-corrected chi connectivity index (χ0v) is 16.5. The quantitative estimate of drug-likeness (QED) is 0.573. The van der Waals surface area contributed by atoms with Crippen molar-refractivity contribution in [3.8, 4) is 11.8 Å². The Morgan fingerprint density at radius 1 is 1.21 bits per heavy atom. The lowest BCUT2D eigenvalue weighted by molar-refractivity contribution is -0.117. The number of benzene rings is 2. The topological polar surface area (TPSA) is 87.7 Å². The molecule has 0 aliphatic rings. The number of nitrogens with zero attached hydrogens (tertiary/aromatic N) is 6. The van der Waals surface area contributed by atoms with Crippen molar-refractivity contribution in [3.63, 3.8) is 0 Å². The number of amides is 1. The summed E-state index contributed by atoms with van der Waals surface area (Å²) in [7, 11) is 0. The Bertz CT molecular complexity index is 964. The number of nitriles is 1. The molecule has 0 saturated heterocycles. The maximum absolute atomic E-state index is 13.1. The monoisotopic (exact) mass is 392 g/mol. The van der Waals surface area contributed by atoms with E-state index in [1.807, 2.05) is 68.4 Å². The van der Waals surface area contributed by atoms with Gasteiger partial charge in [-0.05, 0) is 48.5 Å². The van der Waals surface area contributed by atoms with Crippen molar-refractivity contribution in [3.05, 3.63) is 60.2 Å². The molecule has 142 valence electrons. The van der Waals surface area contributed by atoms with Crippen LogP contribution in [0.2, 0.25) is 0 Å². The summed E-state index contributed by atoms with van der Waals surface area (Å²) < 4.78 is 1.62. The first-order valence-corrected chi connectivity index (χ1v) is 9.73. The van der Waals surface area contributed by atoms with E-state index in [0.717, 1.165) is 16.9 Å². The molecule has 1 unspecified atom stereocenters. The maximum Gasteiger partial charge on any atom is 0.240 e. The number of aromatic nitrogens is 4. The maximum atomic E-state index is 13.1. The van der Waals surface area contributed by atoms with Crippen molar-refractivity contribution in [1.29, 1.82) is 5.26 Å². The van der Waals surface area contributed by atoms with Crippen LogP contribution in [0.4, 0.5) is 5.69 Å². The zero-order valence-electron chi connectivity index (χ0n) is 15.7. The average Bonchev–Trinajstić information content (AvgIpc) is 3.17. The Balaban J connectivity index is 1.79. The number of rotatable bonds is 7. The van der Waals surface area contributed by atoms with E-state index >= 15 is 0 Å². The van der Waals surface area contributed by atoms with Crippen LogP contribution in [-0.4, -0.2) is 37.9 Å². The fraction of sp³-hybridized carbons (Fsp3) is 0.250. The predicted octanol–water partition coefficient (Wildman–Crippen LogP) is 3.40. The largest absolute Gasteiger partial charge is 0.310 e. The summed E-state index contributed by atoms with van der Waals surface area (Å²) in [4.78, 5) is 14.7. The minimum atomic E-state index is -0.422. The van der Waals surface area contributed by atoms with Gasteiger partial charge in [0.15, 0.2) is 0 Å². The molecule has 3 aromatic rings. The zero-order chi connectivity index (χ0) is 19.9. The van der Waals surface area contributed by atoms with Gasteiger partial charge in [-0.1, -0.05) is 47.7 Å². The highest BCUT2D eigenvalue weighted by atomic mass is 32.2. The lowest BCUT2D eigenvalue weighted by Crippen LogP contribution is -2.37. The number of thioether (sulfide) groups is 1. The molecule has 1 atom stereocenters. The van der Waals surface area contributed by atoms with Gasteiger partial charge in [-0.25, -0.2) is 0 Å². The first-order valence-electron chi connectivity index (χ1n) is 8.85. The molecular formula is C20H20N6OS. The number of hydrogen-bond donors (Lipinski definition) is 0. The lowest BCUT2D eigenvalue weighted by Gasteiger charge is -2.24. The Morgan fingerprint density at radius 3 is 2.61 bits per heavy atom. The van der Waals surface area contributed by atoms with E-state index in [2.05, 4.69) is 21.6 Å². The number of carbonyl (C=O) groups is 1. The molecular weight excluding hydrogens is 372 g/mol. The van der Waals surface area contributed by atoms with Crippen LogP contribution in [0.25, 0.3) is 5.69 Å². The third-order valence-corrected chi connectivity index (χ3v) is 5.15.